The molecule has 0 heterocycles. The van der Waals surface area contributed by atoms with Gasteiger partial charge in [-0.3, -0.25) is 0 Å². The third kappa shape index (κ3) is 3.08. The molecule has 100 valence electrons. The fourth-order valence-electron chi connectivity index (χ4n) is 2.00. The highest BCUT2D eigenvalue weighted by Gasteiger charge is 2.12. The van der Waals surface area contributed by atoms with Gasteiger partial charge in [-0.25, -0.2) is 0 Å². The van der Waals surface area contributed by atoms with Gasteiger partial charge < -0.3 is 11.1 Å². The summed E-state index contributed by atoms with van der Waals surface area (Å²) in [6, 6.07) is 14.5. The smallest absolute Gasteiger partial charge is 0.0434 e. The highest BCUT2D eigenvalue weighted by Crippen LogP contribution is 2.27. The van der Waals surface area contributed by atoms with Gasteiger partial charge in [0.15, 0.2) is 0 Å². The molecule has 0 aliphatic heterocycles. The summed E-state index contributed by atoms with van der Waals surface area (Å²) in [7, 11) is 0. The molecule has 2 nitrogen and oxygen atoms in total. The molecule has 0 unspecified atom stereocenters. The average Bonchev–Trinajstić information content (AvgIpc) is 2.35. The standard InChI is InChI=1S/C17H22N2/c1-12-15(18)6-5-7-16(12)19-14-10-8-13(9-11-14)17(2,3)4/h5-11,19H,18H2,1-4H3. The fourth-order valence-corrected chi connectivity index (χ4v) is 2.00. The summed E-state index contributed by atoms with van der Waals surface area (Å²) in [5.74, 6) is 0. The Hall–Kier alpha value is -1.96. The Bertz CT molecular complexity index is 563. The van der Waals surface area contributed by atoms with E-state index in [1.165, 1.54) is 5.56 Å². The Kier molecular flexibility index (Phi) is 3.52. The number of nitrogens with one attached hydrogen (secondary N) is 1. The zero-order valence-corrected chi connectivity index (χ0v) is 12.1. The second-order valence-electron chi connectivity index (χ2n) is 5.97. The summed E-state index contributed by atoms with van der Waals surface area (Å²) in [4.78, 5) is 0. The van der Waals surface area contributed by atoms with Gasteiger partial charge in [-0.15, -0.1) is 0 Å². The number of nitrogen functional groups attached to an aromatic ring is 1. The first kappa shape index (κ1) is 13.5. The Morgan fingerprint density at radius 3 is 2.16 bits per heavy atom. The third-order valence-corrected chi connectivity index (χ3v) is 3.41. The van der Waals surface area contributed by atoms with Crippen LogP contribution in [0, 0.1) is 6.92 Å². The van der Waals surface area contributed by atoms with Crippen molar-refractivity contribution in [3.63, 3.8) is 0 Å². The molecule has 0 bridgehead atoms. The van der Waals surface area contributed by atoms with Crippen LogP contribution in [0.5, 0.6) is 0 Å². The minimum atomic E-state index is 0.186. The van der Waals surface area contributed by atoms with Gasteiger partial charge in [-0.2, -0.15) is 0 Å². The third-order valence-electron chi connectivity index (χ3n) is 3.41. The Balaban J connectivity index is 2.23. The quantitative estimate of drug-likeness (QED) is 0.767. The molecule has 0 spiro atoms. The van der Waals surface area contributed by atoms with Gasteiger partial charge in [0, 0.05) is 17.1 Å². The molecule has 2 aromatic carbocycles. The average molecular weight is 254 g/mol. The van der Waals surface area contributed by atoms with Gasteiger partial charge in [0.1, 0.15) is 0 Å². The number of hydrogen-bond acceptors (Lipinski definition) is 2. The summed E-state index contributed by atoms with van der Waals surface area (Å²) < 4.78 is 0. The molecule has 0 aliphatic rings. The molecule has 2 heteroatoms. The summed E-state index contributed by atoms with van der Waals surface area (Å²) in [6.07, 6.45) is 0. The topological polar surface area (TPSA) is 38.0 Å². The molecule has 2 aromatic rings. The normalized spacial score (nSPS) is 11.4. The molecule has 2 rings (SSSR count). The van der Waals surface area contributed by atoms with E-state index in [1.807, 2.05) is 25.1 Å². The molecule has 0 atom stereocenters. The van der Waals surface area contributed by atoms with E-state index in [4.69, 9.17) is 5.73 Å². The van der Waals surface area contributed by atoms with Crippen molar-refractivity contribution in [1.82, 2.24) is 0 Å². The van der Waals surface area contributed by atoms with Gasteiger partial charge in [0.05, 0.1) is 0 Å². The summed E-state index contributed by atoms with van der Waals surface area (Å²) in [5, 5.41) is 3.41. The lowest BCUT2D eigenvalue weighted by Gasteiger charge is -2.19. The maximum Gasteiger partial charge on any atom is 0.0434 e. The van der Waals surface area contributed by atoms with Crippen LogP contribution in [0.2, 0.25) is 0 Å². The van der Waals surface area contributed by atoms with Crippen molar-refractivity contribution in [2.24, 2.45) is 0 Å². The minimum absolute atomic E-state index is 0.186. The highest BCUT2D eigenvalue weighted by molar-refractivity contribution is 5.69. The van der Waals surface area contributed by atoms with E-state index in [-0.39, 0.29) is 5.41 Å². The summed E-state index contributed by atoms with van der Waals surface area (Å²) >= 11 is 0. The van der Waals surface area contributed by atoms with E-state index in [1.54, 1.807) is 0 Å². The van der Waals surface area contributed by atoms with E-state index in [0.29, 0.717) is 0 Å². The molecule has 0 saturated heterocycles. The van der Waals surface area contributed by atoms with Crippen molar-refractivity contribution < 1.29 is 0 Å². The molecule has 0 fully saturated rings. The number of anilines is 3. The summed E-state index contributed by atoms with van der Waals surface area (Å²) in [6.45, 7) is 8.69. The van der Waals surface area contributed by atoms with Crippen molar-refractivity contribution >= 4 is 17.1 Å². The van der Waals surface area contributed by atoms with Crippen molar-refractivity contribution in [1.29, 1.82) is 0 Å². The number of nitrogens with two attached hydrogens (primary N) is 1. The predicted molar refractivity (Wildman–Crippen MR) is 84.0 cm³/mol. The van der Waals surface area contributed by atoms with Crippen LogP contribution >= 0.6 is 0 Å². The first-order chi connectivity index (χ1) is 8.88. The van der Waals surface area contributed by atoms with Gasteiger partial charge >= 0.3 is 0 Å². The first-order valence-electron chi connectivity index (χ1n) is 6.60. The van der Waals surface area contributed by atoms with Gasteiger partial charge in [0.2, 0.25) is 0 Å². The second kappa shape index (κ2) is 4.96. The number of rotatable bonds is 2. The van der Waals surface area contributed by atoms with E-state index < -0.39 is 0 Å². The van der Waals surface area contributed by atoms with Crippen LogP contribution in [-0.2, 0) is 5.41 Å². The van der Waals surface area contributed by atoms with Crippen LogP contribution in [0.25, 0.3) is 0 Å². The lowest BCUT2D eigenvalue weighted by atomic mass is 9.87. The second-order valence-corrected chi connectivity index (χ2v) is 5.97. The monoisotopic (exact) mass is 254 g/mol. The van der Waals surface area contributed by atoms with Crippen molar-refractivity contribution in [3.05, 3.63) is 53.6 Å². The molecule has 0 amide bonds. The molecule has 0 radical (unpaired) electrons. The Morgan fingerprint density at radius 2 is 1.58 bits per heavy atom. The van der Waals surface area contributed by atoms with Crippen LogP contribution in [-0.4, -0.2) is 0 Å². The number of benzene rings is 2. The Labute approximate surface area is 115 Å². The van der Waals surface area contributed by atoms with Crippen LogP contribution in [0.3, 0.4) is 0 Å². The zero-order valence-electron chi connectivity index (χ0n) is 12.1. The van der Waals surface area contributed by atoms with Crippen molar-refractivity contribution in [2.75, 3.05) is 11.1 Å². The SMILES string of the molecule is Cc1c(N)cccc1Nc1ccc(C(C)(C)C)cc1. The van der Waals surface area contributed by atoms with Crippen LogP contribution < -0.4 is 11.1 Å². The first-order valence-corrected chi connectivity index (χ1v) is 6.60. The lowest BCUT2D eigenvalue weighted by Crippen LogP contribution is -2.10. The number of hydrogen-bond donors (Lipinski definition) is 2. The molecule has 3 N–H and O–H groups in total. The van der Waals surface area contributed by atoms with Crippen molar-refractivity contribution in [3.8, 4) is 0 Å². The van der Waals surface area contributed by atoms with E-state index in [0.717, 1.165) is 22.6 Å². The Morgan fingerprint density at radius 1 is 0.947 bits per heavy atom. The van der Waals surface area contributed by atoms with Crippen LogP contribution in [0.15, 0.2) is 42.5 Å². The van der Waals surface area contributed by atoms with Crippen LogP contribution in [0.4, 0.5) is 17.1 Å². The zero-order chi connectivity index (χ0) is 14.0. The van der Waals surface area contributed by atoms with Gasteiger partial charge in [0.25, 0.3) is 0 Å². The summed E-state index contributed by atoms with van der Waals surface area (Å²) in [5.41, 5.74) is 11.5. The molecule has 0 aromatic heterocycles. The maximum atomic E-state index is 5.92. The molecular formula is C17H22N2. The lowest BCUT2D eigenvalue weighted by molar-refractivity contribution is 0.590. The van der Waals surface area contributed by atoms with E-state index in [2.05, 4.69) is 50.4 Å². The largest absolute Gasteiger partial charge is 0.398 e. The van der Waals surface area contributed by atoms with Crippen LogP contribution in [0.1, 0.15) is 31.9 Å². The fraction of sp³-hybridized carbons (Fsp3) is 0.294. The van der Waals surface area contributed by atoms with E-state index in [9.17, 15) is 0 Å². The molecule has 0 aliphatic carbocycles. The van der Waals surface area contributed by atoms with E-state index >= 15 is 0 Å². The maximum absolute atomic E-state index is 5.92. The van der Waals surface area contributed by atoms with Gasteiger partial charge in [-0.1, -0.05) is 39.0 Å². The minimum Gasteiger partial charge on any atom is -0.398 e. The molecule has 0 saturated carbocycles. The molecular weight excluding hydrogens is 232 g/mol. The van der Waals surface area contributed by atoms with Crippen molar-refractivity contribution in [2.45, 2.75) is 33.1 Å². The van der Waals surface area contributed by atoms with Gasteiger partial charge in [-0.05, 0) is 47.7 Å². The molecule has 19 heavy (non-hydrogen) atoms. The highest BCUT2D eigenvalue weighted by atomic mass is 14.9. The predicted octanol–water partition coefficient (Wildman–Crippen LogP) is 4.62.